The van der Waals surface area contributed by atoms with E-state index in [1.54, 1.807) is 19.2 Å². The minimum absolute atomic E-state index is 0.167. The third-order valence-corrected chi connectivity index (χ3v) is 5.77. The van der Waals surface area contributed by atoms with E-state index in [4.69, 9.17) is 4.74 Å². The molecular formula is C23H18F2N6O2S. The number of hydrogen-bond acceptors (Lipinski definition) is 8. The molecule has 0 aliphatic heterocycles. The van der Waals surface area contributed by atoms with Gasteiger partial charge in [-0.25, -0.2) is 8.78 Å². The number of alkyl halides is 2. The Morgan fingerprint density at radius 3 is 2.76 bits per heavy atom. The zero-order chi connectivity index (χ0) is 24.2. The number of hydrogen-bond donors (Lipinski definition) is 1. The molecule has 2 heterocycles. The van der Waals surface area contributed by atoms with Crippen molar-refractivity contribution < 1.29 is 18.3 Å². The number of pyridine rings is 1. The van der Waals surface area contributed by atoms with Crippen LogP contribution in [0.1, 0.15) is 40.3 Å². The van der Waals surface area contributed by atoms with Gasteiger partial charge in [-0.2, -0.15) is 5.26 Å². The topological polar surface area (TPSA) is 104 Å². The Labute approximate surface area is 198 Å². The van der Waals surface area contributed by atoms with Gasteiger partial charge in [-0.1, -0.05) is 17.3 Å². The van der Waals surface area contributed by atoms with Gasteiger partial charge in [-0.05, 0) is 43.0 Å². The van der Waals surface area contributed by atoms with Crippen LogP contribution < -0.4 is 15.0 Å². The lowest BCUT2D eigenvalue weighted by Gasteiger charge is -2.17. The molecule has 1 saturated carbocycles. The van der Waals surface area contributed by atoms with Gasteiger partial charge < -0.3 is 4.74 Å². The predicted molar refractivity (Wildman–Crippen MR) is 123 cm³/mol. The molecule has 1 amide bonds. The molecule has 1 aliphatic rings. The second kappa shape index (κ2) is 9.81. The van der Waals surface area contributed by atoms with Crippen molar-refractivity contribution in [3.63, 3.8) is 0 Å². The number of nitrogens with one attached hydrogen (secondary N) is 1. The molecule has 1 aromatic carbocycles. The average molecular weight is 481 g/mol. The number of anilines is 2. The maximum atomic E-state index is 13.4. The summed E-state index contributed by atoms with van der Waals surface area (Å²) in [6.07, 6.45) is 2.50. The fraction of sp³-hybridized carbons (Fsp3) is 0.261. The molecule has 8 nitrogen and oxygen atoms in total. The van der Waals surface area contributed by atoms with Crippen molar-refractivity contribution in [2.24, 2.45) is 5.92 Å². The zero-order valence-corrected chi connectivity index (χ0v) is 19.0. The fourth-order valence-corrected chi connectivity index (χ4v) is 3.65. The number of nitrogens with zero attached hydrogens (tertiary/aromatic N) is 5. The molecular weight excluding hydrogens is 462 g/mol. The van der Waals surface area contributed by atoms with Gasteiger partial charge >= 0.3 is 0 Å². The van der Waals surface area contributed by atoms with Crippen molar-refractivity contribution in [1.29, 1.82) is 5.26 Å². The van der Waals surface area contributed by atoms with Crippen LogP contribution in [-0.4, -0.2) is 35.2 Å². The quantitative estimate of drug-likeness (QED) is 0.315. The lowest BCUT2D eigenvalue weighted by atomic mass is 9.97. The van der Waals surface area contributed by atoms with Crippen molar-refractivity contribution in [1.82, 2.24) is 15.2 Å². The molecule has 0 unspecified atom stereocenters. The van der Waals surface area contributed by atoms with Crippen LogP contribution in [-0.2, 0) is 0 Å². The highest BCUT2D eigenvalue weighted by Gasteiger charge is 2.22. The highest BCUT2D eigenvalue weighted by Crippen LogP contribution is 2.37. The minimum atomic E-state index is -2.82. The Hall–Kier alpha value is -4.09. The number of aromatic nitrogens is 3. The standard InChI is InChI=1S/C23H18F2N6O2S/c1-31(12-26)14-6-7-15(16(9-14)17-10-18(21(24)25)27-11-19(17)33-2)22(32)28-23-30-29-20(34-23)8-5-13-3-4-13/h6-7,9-11,13,21H,3-4H2,1-2H3,(H,28,30,32). The van der Waals surface area contributed by atoms with Crippen LogP contribution in [0.2, 0.25) is 0 Å². The van der Waals surface area contributed by atoms with E-state index in [1.807, 2.05) is 6.19 Å². The van der Waals surface area contributed by atoms with Crippen LogP contribution in [0.15, 0.2) is 30.5 Å². The van der Waals surface area contributed by atoms with Gasteiger partial charge in [0.25, 0.3) is 12.3 Å². The van der Waals surface area contributed by atoms with E-state index in [0.717, 1.165) is 24.2 Å². The van der Waals surface area contributed by atoms with Crippen molar-refractivity contribution in [3.05, 3.63) is 46.7 Å². The summed E-state index contributed by atoms with van der Waals surface area (Å²) in [5.41, 5.74) is 0.681. The molecule has 4 rings (SSSR count). The third kappa shape index (κ3) is 5.11. The van der Waals surface area contributed by atoms with Crippen LogP contribution in [0.25, 0.3) is 11.1 Å². The second-order valence-corrected chi connectivity index (χ2v) is 8.39. The molecule has 0 bridgehead atoms. The largest absolute Gasteiger partial charge is 0.494 e. The van der Waals surface area contributed by atoms with Crippen LogP contribution in [0.4, 0.5) is 19.6 Å². The lowest BCUT2D eigenvalue weighted by molar-refractivity contribution is 0.102. The molecule has 172 valence electrons. The Bertz CT molecular complexity index is 1340. The smallest absolute Gasteiger partial charge is 0.280 e. The van der Waals surface area contributed by atoms with Crippen molar-refractivity contribution in [2.75, 3.05) is 24.4 Å². The number of methoxy groups -OCH3 is 1. The van der Waals surface area contributed by atoms with E-state index >= 15 is 0 Å². The van der Waals surface area contributed by atoms with Crippen molar-refractivity contribution >= 4 is 28.1 Å². The summed E-state index contributed by atoms with van der Waals surface area (Å²) in [5, 5.41) is 20.6. The number of ether oxygens (including phenoxy) is 1. The predicted octanol–water partition coefficient (Wildman–Crippen LogP) is 4.48. The molecule has 0 atom stereocenters. The Morgan fingerprint density at radius 2 is 2.09 bits per heavy atom. The van der Waals surface area contributed by atoms with Gasteiger partial charge in [0.05, 0.1) is 19.0 Å². The summed E-state index contributed by atoms with van der Waals surface area (Å²) in [7, 11) is 2.91. The summed E-state index contributed by atoms with van der Waals surface area (Å²) < 4.78 is 32.1. The van der Waals surface area contributed by atoms with Crippen LogP contribution >= 0.6 is 11.3 Å². The Balaban J connectivity index is 1.73. The molecule has 2 aromatic heterocycles. The fourth-order valence-electron chi connectivity index (χ4n) is 3.05. The number of amides is 1. The van der Waals surface area contributed by atoms with Gasteiger partial charge in [0.15, 0.2) is 11.2 Å². The van der Waals surface area contributed by atoms with Crippen LogP contribution in [0.3, 0.4) is 0 Å². The first-order chi connectivity index (χ1) is 16.4. The lowest BCUT2D eigenvalue weighted by Crippen LogP contribution is -2.15. The summed E-state index contributed by atoms with van der Waals surface area (Å²) in [6.45, 7) is 0. The molecule has 1 N–H and O–H groups in total. The van der Waals surface area contributed by atoms with Crippen molar-refractivity contribution in [2.45, 2.75) is 19.3 Å². The molecule has 11 heteroatoms. The SMILES string of the molecule is COc1cnc(C(F)F)cc1-c1cc(N(C)C#N)ccc1C(=O)Nc1nnc(C#CC2CC2)s1. The monoisotopic (exact) mass is 480 g/mol. The van der Waals surface area contributed by atoms with E-state index in [2.05, 4.69) is 32.3 Å². The molecule has 0 spiro atoms. The first kappa shape index (κ1) is 23.1. The van der Waals surface area contributed by atoms with Gasteiger partial charge in [-0.3, -0.25) is 20.0 Å². The highest BCUT2D eigenvalue weighted by atomic mass is 32.1. The zero-order valence-electron chi connectivity index (χ0n) is 18.2. The molecule has 3 aromatic rings. The maximum absolute atomic E-state index is 13.4. The van der Waals surface area contributed by atoms with E-state index in [0.29, 0.717) is 16.6 Å². The van der Waals surface area contributed by atoms with Crippen molar-refractivity contribution in [3.8, 4) is 34.9 Å². The number of nitriles is 1. The molecule has 34 heavy (non-hydrogen) atoms. The second-order valence-electron chi connectivity index (χ2n) is 7.41. The van der Waals surface area contributed by atoms with Gasteiger partial charge in [0, 0.05) is 29.7 Å². The number of carbonyl (C=O) groups is 1. The Morgan fingerprint density at radius 1 is 1.29 bits per heavy atom. The third-order valence-electron chi connectivity index (χ3n) is 5.01. The van der Waals surface area contributed by atoms with Gasteiger partial charge in [0.1, 0.15) is 11.4 Å². The normalized spacial score (nSPS) is 12.5. The summed E-state index contributed by atoms with van der Waals surface area (Å²) in [5.74, 6) is 6.11. The van der Waals surface area contributed by atoms with E-state index < -0.39 is 18.0 Å². The summed E-state index contributed by atoms with van der Waals surface area (Å²) in [4.78, 5) is 18.2. The summed E-state index contributed by atoms with van der Waals surface area (Å²) >= 11 is 1.14. The number of rotatable bonds is 6. The molecule has 1 aliphatic carbocycles. The van der Waals surface area contributed by atoms with E-state index in [9.17, 15) is 18.8 Å². The van der Waals surface area contributed by atoms with Gasteiger partial charge in [0.2, 0.25) is 5.13 Å². The van der Waals surface area contributed by atoms with E-state index in [-0.39, 0.29) is 27.6 Å². The molecule has 0 radical (unpaired) electrons. The highest BCUT2D eigenvalue weighted by molar-refractivity contribution is 7.15. The van der Waals surface area contributed by atoms with E-state index in [1.165, 1.54) is 30.3 Å². The van der Waals surface area contributed by atoms with Gasteiger partial charge in [-0.15, -0.1) is 10.2 Å². The number of benzene rings is 1. The van der Waals surface area contributed by atoms with Crippen LogP contribution in [0.5, 0.6) is 5.75 Å². The average Bonchev–Trinajstić information content (AvgIpc) is 3.58. The number of carbonyl (C=O) groups excluding carboxylic acids is 1. The van der Waals surface area contributed by atoms with Crippen LogP contribution in [0, 0.1) is 29.2 Å². The minimum Gasteiger partial charge on any atom is -0.494 e. The summed E-state index contributed by atoms with van der Waals surface area (Å²) in [6, 6.07) is 5.81. The Kier molecular flexibility index (Phi) is 6.66. The maximum Gasteiger partial charge on any atom is 0.280 e. The first-order valence-electron chi connectivity index (χ1n) is 10.2. The number of halogens is 2. The molecule has 0 saturated heterocycles. The first-order valence-corrected chi connectivity index (χ1v) is 11.0. The molecule has 1 fully saturated rings.